The first kappa shape index (κ1) is 23.2. The Bertz CT molecular complexity index is 1280. The Balaban J connectivity index is 1.87. The maximum absolute atomic E-state index is 13.4. The summed E-state index contributed by atoms with van der Waals surface area (Å²) in [4.78, 5) is 14.4. The van der Waals surface area contributed by atoms with Crippen LogP contribution in [0.5, 0.6) is 0 Å². The Labute approximate surface area is 194 Å². The van der Waals surface area contributed by atoms with Gasteiger partial charge in [0.1, 0.15) is 0 Å². The fourth-order valence-electron chi connectivity index (χ4n) is 3.83. The number of hydrogen-bond donors (Lipinski definition) is 1. The molecule has 0 bridgehead atoms. The molecule has 6 nitrogen and oxygen atoms in total. The number of carbonyl (C=O) groups is 1. The van der Waals surface area contributed by atoms with Crippen molar-refractivity contribution in [2.45, 2.75) is 20.0 Å². The molecule has 0 aliphatic carbocycles. The van der Waals surface area contributed by atoms with Gasteiger partial charge in [0.15, 0.2) is 5.82 Å². The van der Waals surface area contributed by atoms with Gasteiger partial charge in [0, 0.05) is 29.8 Å². The van der Waals surface area contributed by atoms with E-state index < -0.39 is 11.7 Å². The van der Waals surface area contributed by atoms with Gasteiger partial charge in [-0.3, -0.25) is 4.79 Å². The monoisotopic (exact) mass is 464 g/mol. The van der Waals surface area contributed by atoms with Crippen molar-refractivity contribution in [1.82, 2.24) is 25.5 Å². The van der Waals surface area contributed by atoms with Gasteiger partial charge in [-0.2, -0.15) is 13.2 Å². The number of tetrazole rings is 1. The molecule has 0 fully saturated rings. The van der Waals surface area contributed by atoms with E-state index in [4.69, 9.17) is 0 Å². The van der Waals surface area contributed by atoms with Crippen LogP contribution in [0.4, 0.5) is 13.2 Å². The van der Waals surface area contributed by atoms with Gasteiger partial charge in [0.25, 0.3) is 5.91 Å². The van der Waals surface area contributed by atoms with Crippen LogP contribution in [0.25, 0.3) is 33.6 Å². The summed E-state index contributed by atoms with van der Waals surface area (Å²) >= 11 is 0. The molecule has 4 rings (SSSR count). The first-order chi connectivity index (χ1) is 16.3. The number of carbonyl (C=O) groups excluding carboxylic acids is 1. The SMILES string of the molecule is CCN(CC)C(=O)c1ccc(-c2cc[c]c(-c3nnn[nH]3)c2-c2cccc(C(F)(F)F)c2)cc1. The number of alkyl halides is 3. The highest BCUT2D eigenvalue weighted by atomic mass is 19.4. The minimum absolute atomic E-state index is 0.0792. The summed E-state index contributed by atoms with van der Waals surface area (Å²) in [6, 6.07) is 18.6. The molecule has 1 amide bonds. The fourth-order valence-corrected chi connectivity index (χ4v) is 3.83. The van der Waals surface area contributed by atoms with Crippen molar-refractivity contribution in [3.63, 3.8) is 0 Å². The topological polar surface area (TPSA) is 74.8 Å². The third kappa shape index (κ3) is 4.54. The van der Waals surface area contributed by atoms with E-state index in [1.165, 1.54) is 6.07 Å². The quantitative estimate of drug-likeness (QED) is 0.409. The highest BCUT2D eigenvalue weighted by Crippen LogP contribution is 2.40. The summed E-state index contributed by atoms with van der Waals surface area (Å²) in [6.07, 6.45) is -4.49. The number of amides is 1. The van der Waals surface area contributed by atoms with Crippen molar-refractivity contribution >= 4 is 5.91 Å². The number of aromatic amines is 1. The number of benzene rings is 3. The number of hydrogen-bond acceptors (Lipinski definition) is 4. The van der Waals surface area contributed by atoms with Gasteiger partial charge >= 0.3 is 6.18 Å². The molecule has 1 N–H and O–H groups in total. The summed E-state index contributed by atoms with van der Waals surface area (Å²) in [7, 11) is 0. The second-order valence-corrected chi connectivity index (χ2v) is 7.52. The lowest BCUT2D eigenvalue weighted by Crippen LogP contribution is -2.30. The molecular formula is C25H21F3N5O. The number of halogens is 3. The van der Waals surface area contributed by atoms with E-state index in [0.29, 0.717) is 40.9 Å². The van der Waals surface area contributed by atoms with E-state index >= 15 is 0 Å². The minimum Gasteiger partial charge on any atom is -0.339 e. The van der Waals surface area contributed by atoms with Crippen LogP contribution in [-0.2, 0) is 6.18 Å². The number of nitrogens with one attached hydrogen (secondary N) is 1. The molecule has 1 radical (unpaired) electrons. The van der Waals surface area contributed by atoms with Crippen LogP contribution in [0.15, 0.2) is 60.7 Å². The van der Waals surface area contributed by atoms with Crippen LogP contribution >= 0.6 is 0 Å². The Hall–Kier alpha value is -4.01. The van der Waals surface area contributed by atoms with Crippen LogP contribution in [0.3, 0.4) is 0 Å². The van der Waals surface area contributed by atoms with Crippen LogP contribution in [-0.4, -0.2) is 44.5 Å². The molecule has 0 aliphatic rings. The van der Waals surface area contributed by atoms with Gasteiger partial charge in [0.2, 0.25) is 0 Å². The number of aromatic nitrogens is 4. The third-order valence-corrected chi connectivity index (χ3v) is 5.55. The molecule has 1 heterocycles. The predicted octanol–water partition coefficient (Wildman–Crippen LogP) is 5.50. The summed E-state index contributed by atoms with van der Waals surface area (Å²) < 4.78 is 40.3. The van der Waals surface area contributed by atoms with Crippen molar-refractivity contribution in [3.05, 3.63) is 77.9 Å². The second kappa shape index (κ2) is 9.46. The van der Waals surface area contributed by atoms with E-state index in [-0.39, 0.29) is 11.7 Å². The van der Waals surface area contributed by atoms with Crippen molar-refractivity contribution in [2.75, 3.05) is 13.1 Å². The molecular weight excluding hydrogens is 443 g/mol. The molecule has 0 saturated carbocycles. The van der Waals surface area contributed by atoms with E-state index in [1.807, 2.05) is 13.8 Å². The summed E-state index contributed by atoms with van der Waals surface area (Å²) in [5.74, 6) is 0.201. The normalized spacial score (nSPS) is 11.4. The Morgan fingerprint density at radius 1 is 1.03 bits per heavy atom. The van der Waals surface area contributed by atoms with Gasteiger partial charge in [-0.1, -0.05) is 36.4 Å². The Kier molecular flexibility index (Phi) is 6.45. The molecule has 34 heavy (non-hydrogen) atoms. The van der Waals surface area contributed by atoms with Gasteiger partial charge < -0.3 is 4.90 Å². The lowest BCUT2D eigenvalue weighted by Gasteiger charge is -2.19. The number of rotatable bonds is 6. The Morgan fingerprint density at radius 2 is 1.76 bits per heavy atom. The molecule has 0 atom stereocenters. The van der Waals surface area contributed by atoms with Gasteiger partial charge in [-0.15, -0.1) is 5.10 Å². The van der Waals surface area contributed by atoms with Crippen LogP contribution < -0.4 is 0 Å². The molecule has 9 heteroatoms. The molecule has 0 spiro atoms. The average Bonchev–Trinajstić information content (AvgIpc) is 3.39. The van der Waals surface area contributed by atoms with E-state index in [2.05, 4.69) is 26.7 Å². The second-order valence-electron chi connectivity index (χ2n) is 7.52. The first-order valence-electron chi connectivity index (χ1n) is 10.7. The van der Waals surface area contributed by atoms with Crippen molar-refractivity contribution in [2.24, 2.45) is 0 Å². The average molecular weight is 464 g/mol. The standard InChI is InChI=1S/C25H21F3N5O/c1-3-33(4-2)24(34)17-13-11-16(12-14-17)20-9-6-10-21(23-29-31-32-30-23)22(20)18-7-5-8-19(15-18)25(26,27)28/h5-9,11-15H,3-4H2,1-2H3,(H,29,30,31,32). The molecule has 3 aromatic carbocycles. The largest absolute Gasteiger partial charge is 0.416 e. The first-order valence-corrected chi connectivity index (χ1v) is 10.7. The summed E-state index contributed by atoms with van der Waals surface area (Å²) in [6.45, 7) is 5.02. The zero-order valence-electron chi connectivity index (χ0n) is 18.5. The maximum Gasteiger partial charge on any atom is 0.416 e. The fraction of sp³-hybridized carbons (Fsp3) is 0.200. The van der Waals surface area contributed by atoms with Crippen LogP contribution in [0, 0.1) is 6.07 Å². The van der Waals surface area contributed by atoms with Gasteiger partial charge in [0.05, 0.1) is 5.56 Å². The van der Waals surface area contributed by atoms with Crippen molar-refractivity contribution in [3.8, 4) is 33.6 Å². The van der Waals surface area contributed by atoms with Gasteiger partial charge in [-0.25, -0.2) is 5.10 Å². The molecule has 0 saturated heterocycles. The highest BCUT2D eigenvalue weighted by molar-refractivity contribution is 5.96. The molecule has 0 unspecified atom stereocenters. The third-order valence-electron chi connectivity index (χ3n) is 5.55. The van der Waals surface area contributed by atoms with Crippen LogP contribution in [0.2, 0.25) is 0 Å². The van der Waals surface area contributed by atoms with E-state index in [0.717, 1.165) is 17.7 Å². The molecule has 0 aliphatic heterocycles. The molecule has 1 aromatic heterocycles. The van der Waals surface area contributed by atoms with Crippen LogP contribution in [0.1, 0.15) is 29.8 Å². The summed E-state index contributed by atoms with van der Waals surface area (Å²) in [5.41, 5.74) is 2.44. The van der Waals surface area contributed by atoms with E-state index in [1.54, 1.807) is 47.4 Å². The van der Waals surface area contributed by atoms with E-state index in [9.17, 15) is 18.0 Å². The number of nitrogens with zero attached hydrogens (tertiary/aromatic N) is 4. The zero-order chi connectivity index (χ0) is 24.3. The predicted molar refractivity (Wildman–Crippen MR) is 122 cm³/mol. The summed E-state index contributed by atoms with van der Waals surface area (Å²) in [5, 5.41) is 13.8. The molecule has 173 valence electrons. The number of H-pyrrole nitrogens is 1. The smallest absolute Gasteiger partial charge is 0.339 e. The Morgan fingerprint density at radius 3 is 2.38 bits per heavy atom. The molecule has 4 aromatic rings. The zero-order valence-corrected chi connectivity index (χ0v) is 18.5. The maximum atomic E-state index is 13.4. The lowest BCUT2D eigenvalue weighted by atomic mass is 9.89. The minimum atomic E-state index is -4.49. The van der Waals surface area contributed by atoms with Crippen molar-refractivity contribution < 1.29 is 18.0 Å². The lowest BCUT2D eigenvalue weighted by molar-refractivity contribution is -0.137. The van der Waals surface area contributed by atoms with Gasteiger partial charge in [-0.05, 0) is 71.3 Å². The highest BCUT2D eigenvalue weighted by Gasteiger charge is 2.31. The van der Waals surface area contributed by atoms with Crippen molar-refractivity contribution in [1.29, 1.82) is 0 Å².